The second-order valence-corrected chi connectivity index (χ2v) is 7.23. The van der Waals surface area contributed by atoms with Crippen molar-refractivity contribution in [1.82, 2.24) is 4.90 Å². The lowest BCUT2D eigenvalue weighted by atomic mass is 10.1. The van der Waals surface area contributed by atoms with E-state index in [9.17, 15) is 4.79 Å². The van der Waals surface area contributed by atoms with E-state index in [0.29, 0.717) is 11.3 Å². The van der Waals surface area contributed by atoms with Gasteiger partial charge in [0.2, 0.25) is 0 Å². The number of nitrogens with zero attached hydrogens (tertiary/aromatic N) is 1. The first-order valence-corrected chi connectivity index (χ1v) is 9.67. The zero-order chi connectivity index (χ0) is 17.8. The van der Waals surface area contributed by atoms with Gasteiger partial charge in [-0.3, -0.25) is 4.79 Å². The molecule has 1 atom stereocenters. The second kappa shape index (κ2) is 7.67. The van der Waals surface area contributed by atoms with E-state index in [0.717, 1.165) is 23.6 Å². The predicted molar refractivity (Wildman–Crippen MR) is 106 cm³/mol. The molecule has 0 spiro atoms. The lowest BCUT2D eigenvalue weighted by Crippen LogP contribution is -2.30. The number of hydrogen-bond donors (Lipinski definition) is 0. The summed E-state index contributed by atoms with van der Waals surface area (Å²) in [6.07, 6.45) is 0. The summed E-state index contributed by atoms with van der Waals surface area (Å²) in [6, 6.07) is 27.2. The minimum atomic E-state index is 0.00961. The van der Waals surface area contributed by atoms with Crippen LogP contribution in [0.1, 0.15) is 21.3 Å². The number of hydrogen-bond acceptors (Lipinski definition) is 3. The van der Waals surface area contributed by atoms with Gasteiger partial charge in [0, 0.05) is 12.3 Å². The summed E-state index contributed by atoms with van der Waals surface area (Å²) >= 11 is 1.80. The molecule has 0 N–H and O–H groups in total. The first kappa shape index (κ1) is 16.7. The smallest absolute Gasteiger partial charge is 0.258 e. The molecule has 1 aliphatic heterocycles. The summed E-state index contributed by atoms with van der Waals surface area (Å²) in [5, 5.41) is 0.0495. The number of thioether (sulfide) groups is 1. The van der Waals surface area contributed by atoms with Crippen LogP contribution in [0.3, 0.4) is 0 Å². The van der Waals surface area contributed by atoms with Crippen LogP contribution in [0.2, 0.25) is 0 Å². The van der Waals surface area contributed by atoms with Crippen molar-refractivity contribution in [3.63, 3.8) is 0 Å². The van der Waals surface area contributed by atoms with Gasteiger partial charge < -0.3 is 9.64 Å². The highest BCUT2D eigenvalue weighted by Gasteiger charge is 2.32. The number of benzene rings is 3. The van der Waals surface area contributed by atoms with Crippen LogP contribution in [0.4, 0.5) is 0 Å². The number of carbonyl (C=O) groups excluding carboxylic acids is 1. The van der Waals surface area contributed by atoms with Gasteiger partial charge in [0.25, 0.3) is 5.91 Å². The summed E-state index contributed by atoms with van der Waals surface area (Å²) in [6.45, 7) is 0.739. The van der Waals surface area contributed by atoms with Crippen molar-refractivity contribution in [3.05, 3.63) is 96.1 Å². The van der Waals surface area contributed by atoms with Gasteiger partial charge in [0.05, 0.1) is 5.56 Å². The molecule has 0 radical (unpaired) electrons. The molecule has 0 bridgehead atoms. The Morgan fingerprint density at radius 3 is 2.31 bits per heavy atom. The van der Waals surface area contributed by atoms with E-state index >= 15 is 0 Å². The van der Waals surface area contributed by atoms with Gasteiger partial charge >= 0.3 is 0 Å². The van der Waals surface area contributed by atoms with Crippen LogP contribution in [-0.4, -0.2) is 23.1 Å². The molecule has 4 rings (SSSR count). The molecular weight excluding hydrogens is 342 g/mol. The summed E-state index contributed by atoms with van der Waals surface area (Å²) in [5.74, 6) is 2.26. The molecule has 1 saturated heterocycles. The zero-order valence-electron chi connectivity index (χ0n) is 14.2. The molecule has 1 aliphatic rings. The van der Waals surface area contributed by atoms with E-state index in [1.165, 1.54) is 0 Å². The van der Waals surface area contributed by atoms with E-state index in [1.807, 2.05) is 77.7 Å². The summed E-state index contributed by atoms with van der Waals surface area (Å²) in [5.41, 5.74) is 1.75. The molecule has 1 fully saturated rings. The topological polar surface area (TPSA) is 29.5 Å². The monoisotopic (exact) mass is 361 g/mol. The van der Waals surface area contributed by atoms with Crippen LogP contribution in [0, 0.1) is 0 Å². The lowest BCUT2D eigenvalue weighted by Gasteiger charge is -2.25. The molecule has 4 heteroatoms. The maximum absolute atomic E-state index is 13.3. The highest BCUT2D eigenvalue weighted by Crippen LogP contribution is 2.39. The minimum absolute atomic E-state index is 0.00961. The van der Waals surface area contributed by atoms with Gasteiger partial charge in [-0.05, 0) is 29.8 Å². The third-order valence-electron chi connectivity index (χ3n) is 4.33. The average molecular weight is 361 g/mol. The highest BCUT2D eigenvalue weighted by atomic mass is 32.2. The Balaban J connectivity index is 1.62. The van der Waals surface area contributed by atoms with Gasteiger partial charge in [0.1, 0.15) is 16.9 Å². The van der Waals surface area contributed by atoms with Gasteiger partial charge in [-0.2, -0.15) is 0 Å². The summed E-state index contributed by atoms with van der Waals surface area (Å²) in [4.78, 5) is 15.2. The lowest BCUT2D eigenvalue weighted by molar-refractivity contribution is 0.0757. The summed E-state index contributed by atoms with van der Waals surface area (Å²) in [7, 11) is 0. The Labute approximate surface area is 157 Å². The fraction of sp³-hybridized carbons (Fsp3) is 0.136. The van der Waals surface area contributed by atoms with Crippen LogP contribution < -0.4 is 4.74 Å². The fourth-order valence-electron chi connectivity index (χ4n) is 3.07. The molecule has 0 aromatic heterocycles. The van der Waals surface area contributed by atoms with E-state index in [-0.39, 0.29) is 11.3 Å². The van der Waals surface area contributed by atoms with Crippen molar-refractivity contribution in [2.45, 2.75) is 5.37 Å². The van der Waals surface area contributed by atoms with Crippen molar-refractivity contribution < 1.29 is 9.53 Å². The van der Waals surface area contributed by atoms with Gasteiger partial charge in [-0.1, -0.05) is 60.7 Å². The van der Waals surface area contributed by atoms with Crippen LogP contribution >= 0.6 is 11.8 Å². The molecule has 130 valence electrons. The van der Waals surface area contributed by atoms with Gasteiger partial charge in [-0.15, -0.1) is 11.8 Å². The van der Waals surface area contributed by atoms with Crippen LogP contribution in [0.15, 0.2) is 84.9 Å². The third kappa shape index (κ3) is 3.46. The van der Waals surface area contributed by atoms with E-state index in [1.54, 1.807) is 11.8 Å². The first-order chi connectivity index (χ1) is 12.8. The number of carbonyl (C=O) groups is 1. The average Bonchev–Trinajstić information content (AvgIpc) is 3.19. The summed E-state index contributed by atoms with van der Waals surface area (Å²) < 4.78 is 5.98. The van der Waals surface area contributed by atoms with Crippen molar-refractivity contribution >= 4 is 17.7 Å². The molecular formula is C22H19NO2S. The molecule has 1 amide bonds. The molecule has 1 unspecified atom stereocenters. The maximum atomic E-state index is 13.3. The Bertz CT molecular complexity index is 883. The van der Waals surface area contributed by atoms with E-state index < -0.39 is 0 Å². The number of ether oxygens (including phenoxy) is 1. The largest absolute Gasteiger partial charge is 0.457 e. The Hall–Kier alpha value is -2.72. The third-order valence-corrected chi connectivity index (χ3v) is 5.59. The molecule has 0 aliphatic carbocycles. The van der Waals surface area contributed by atoms with E-state index in [2.05, 4.69) is 12.1 Å². The van der Waals surface area contributed by atoms with Crippen molar-refractivity contribution in [2.24, 2.45) is 0 Å². The molecule has 1 heterocycles. The minimum Gasteiger partial charge on any atom is -0.457 e. The highest BCUT2D eigenvalue weighted by molar-refractivity contribution is 7.99. The normalized spacial score (nSPS) is 16.5. The Kier molecular flexibility index (Phi) is 4.93. The molecule has 3 nitrogen and oxygen atoms in total. The number of amides is 1. The second-order valence-electron chi connectivity index (χ2n) is 6.04. The van der Waals surface area contributed by atoms with Crippen LogP contribution in [0.5, 0.6) is 11.5 Å². The quantitative estimate of drug-likeness (QED) is 0.626. The maximum Gasteiger partial charge on any atom is 0.258 e. The van der Waals surface area contributed by atoms with E-state index in [4.69, 9.17) is 4.74 Å². The molecule has 26 heavy (non-hydrogen) atoms. The molecule has 3 aromatic carbocycles. The Morgan fingerprint density at radius 2 is 1.54 bits per heavy atom. The van der Waals surface area contributed by atoms with Gasteiger partial charge in [-0.25, -0.2) is 0 Å². The van der Waals surface area contributed by atoms with Crippen LogP contribution in [0.25, 0.3) is 0 Å². The first-order valence-electron chi connectivity index (χ1n) is 8.62. The SMILES string of the molecule is O=C(c1ccccc1Oc1ccccc1)N1CCSC1c1ccccc1. The Morgan fingerprint density at radius 1 is 0.885 bits per heavy atom. The molecule has 0 saturated carbocycles. The van der Waals surface area contributed by atoms with Crippen molar-refractivity contribution in [2.75, 3.05) is 12.3 Å². The molecule has 3 aromatic rings. The predicted octanol–water partition coefficient (Wildman–Crippen LogP) is 5.37. The van der Waals surface area contributed by atoms with Gasteiger partial charge in [0.15, 0.2) is 0 Å². The fourth-order valence-corrected chi connectivity index (χ4v) is 4.33. The standard InChI is InChI=1S/C22H19NO2S/c24-21(23-15-16-26-22(23)17-9-3-1-4-10-17)19-13-7-8-14-20(19)25-18-11-5-2-6-12-18/h1-14,22H,15-16H2. The number of para-hydroxylation sites is 2. The van der Waals surface area contributed by atoms with Crippen molar-refractivity contribution in [1.29, 1.82) is 0 Å². The van der Waals surface area contributed by atoms with Crippen molar-refractivity contribution in [3.8, 4) is 11.5 Å². The number of rotatable bonds is 4. The zero-order valence-corrected chi connectivity index (χ0v) is 15.1. The van der Waals surface area contributed by atoms with Crippen LogP contribution in [-0.2, 0) is 0 Å².